The smallest absolute Gasteiger partial charge is 0.304 e. The van der Waals surface area contributed by atoms with Gasteiger partial charge in [0.25, 0.3) is 5.91 Å². The molecule has 0 fully saturated rings. The first-order valence-corrected chi connectivity index (χ1v) is 9.37. The molecule has 0 atom stereocenters. The van der Waals surface area contributed by atoms with E-state index in [1.54, 1.807) is 30.0 Å². The summed E-state index contributed by atoms with van der Waals surface area (Å²) in [6, 6.07) is 12.6. The second-order valence-corrected chi connectivity index (χ2v) is 6.81. The van der Waals surface area contributed by atoms with Crippen LogP contribution in [0.15, 0.2) is 42.5 Å². The van der Waals surface area contributed by atoms with Crippen LogP contribution in [0, 0.1) is 0 Å². The molecule has 1 amide bonds. The highest BCUT2D eigenvalue weighted by molar-refractivity contribution is 7.98. The van der Waals surface area contributed by atoms with Crippen molar-refractivity contribution in [1.29, 1.82) is 0 Å². The number of rotatable bonds is 7. The molecule has 0 unspecified atom stereocenters. The predicted molar refractivity (Wildman–Crippen MR) is 100 cm³/mol. The van der Waals surface area contributed by atoms with Crippen LogP contribution in [0.4, 0.5) is 5.69 Å². The van der Waals surface area contributed by atoms with Crippen LogP contribution in [-0.4, -0.2) is 35.9 Å². The molecule has 7 heteroatoms. The van der Waals surface area contributed by atoms with Crippen molar-refractivity contribution in [3.63, 3.8) is 0 Å². The number of hydrogen-bond acceptors (Lipinski definition) is 5. The lowest BCUT2D eigenvalue weighted by Gasteiger charge is -2.18. The third kappa shape index (κ3) is 4.92. The Morgan fingerprint density at radius 3 is 2.69 bits per heavy atom. The number of thioether (sulfide) groups is 1. The van der Waals surface area contributed by atoms with Crippen molar-refractivity contribution < 1.29 is 24.2 Å². The molecule has 1 heterocycles. The van der Waals surface area contributed by atoms with Crippen LogP contribution in [-0.2, 0) is 10.5 Å². The van der Waals surface area contributed by atoms with Crippen LogP contribution in [0.2, 0.25) is 0 Å². The molecular formula is C19H19NO5S. The minimum absolute atomic E-state index is 0.144. The maximum atomic E-state index is 12.5. The summed E-state index contributed by atoms with van der Waals surface area (Å²) in [5.41, 5.74) is 2.22. The van der Waals surface area contributed by atoms with Gasteiger partial charge in [0, 0.05) is 22.8 Å². The Hall–Kier alpha value is -2.67. The van der Waals surface area contributed by atoms with Crippen molar-refractivity contribution in [3.8, 4) is 11.5 Å². The molecule has 136 valence electrons. The molecule has 2 aromatic carbocycles. The number of anilines is 1. The number of carbonyl (C=O) groups is 2. The molecule has 2 aromatic rings. The van der Waals surface area contributed by atoms with Gasteiger partial charge in [0.2, 0.25) is 0 Å². The SMILES string of the molecule is O=C(O)CCSCc1cccc(NC(=O)c2ccc3c(c2)OCCO3)c1. The van der Waals surface area contributed by atoms with Gasteiger partial charge in [0.1, 0.15) is 13.2 Å². The van der Waals surface area contributed by atoms with Gasteiger partial charge < -0.3 is 19.9 Å². The zero-order valence-corrected chi connectivity index (χ0v) is 14.9. The normalized spacial score (nSPS) is 12.5. The summed E-state index contributed by atoms with van der Waals surface area (Å²) in [6.07, 6.45) is 0.144. The first-order chi connectivity index (χ1) is 12.6. The van der Waals surface area contributed by atoms with Crippen LogP contribution < -0.4 is 14.8 Å². The largest absolute Gasteiger partial charge is 0.486 e. The van der Waals surface area contributed by atoms with E-state index < -0.39 is 5.97 Å². The molecule has 3 rings (SSSR count). The highest BCUT2D eigenvalue weighted by Crippen LogP contribution is 2.31. The summed E-state index contributed by atoms with van der Waals surface area (Å²) in [7, 11) is 0. The molecule has 0 aromatic heterocycles. The maximum absolute atomic E-state index is 12.5. The number of nitrogens with one attached hydrogen (secondary N) is 1. The Morgan fingerprint density at radius 1 is 1.08 bits per heavy atom. The summed E-state index contributed by atoms with van der Waals surface area (Å²) in [6.45, 7) is 0.982. The van der Waals surface area contributed by atoms with E-state index in [4.69, 9.17) is 14.6 Å². The quantitative estimate of drug-likeness (QED) is 0.724. The second kappa shape index (κ2) is 8.62. The second-order valence-electron chi connectivity index (χ2n) is 5.71. The van der Waals surface area contributed by atoms with E-state index in [2.05, 4.69) is 5.32 Å². The monoisotopic (exact) mass is 373 g/mol. The van der Waals surface area contributed by atoms with Gasteiger partial charge in [-0.1, -0.05) is 12.1 Å². The fourth-order valence-electron chi connectivity index (χ4n) is 2.48. The average Bonchev–Trinajstić information content (AvgIpc) is 2.65. The van der Waals surface area contributed by atoms with Gasteiger partial charge in [-0.25, -0.2) is 0 Å². The van der Waals surface area contributed by atoms with Gasteiger partial charge >= 0.3 is 5.97 Å². The van der Waals surface area contributed by atoms with Gasteiger partial charge in [-0.2, -0.15) is 11.8 Å². The van der Waals surface area contributed by atoms with Crippen LogP contribution in [0.25, 0.3) is 0 Å². The van der Waals surface area contributed by atoms with Crippen LogP contribution in [0.3, 0.4) is 0 Å². The number of aliphatic carboxylic acids is 1. The number of fused-ring (bicyclic) bond motifs is 1. The van der Waals surface area contributed by atoms with Gasteiger partial charge in [0.15, 0.2) is 11.5 Å². The minimum atomic E-state index is -0.794. The molecule has 1 aliphatic heterocycles. The Morgan fingerprint density at radius 2 is 1.88 bits per heavy atom. The van der Waals surface area contributed by atoms with E-state index in [9.17, 15) is 9.59 Å². The van der Waals surface area contributed by atoms with Crippen molar-refractivity contribution >= 4 is 29.3 Å². The van der Waals surface area contributed by atoms with Crippen molar-refractivity contribution in [3.05, 3.63) is 53.6 Å². The van der Waals surface area contributed by atoms with Crippen LogP contribution in [0.1, 0.15) is 22.3 Å². The van der Waals surface area contributed by atoms with Crippen molar-refractivity contribution in [2.45, 2.75) is 12.2 Å². The number of carboxylic acid groups (broad SMARTS) is 1. The third-order valence-corrected chi connectivity index (χ3v) is 4.75. The van der Waals surface area contributed by atoms with E-state index in [1.165, 1.54) is 0 Å². The molecule has 1 aliphatic rings. The van der Waals surface area contributed by atoms with Crippen LogP contribution in [0.5, 0.6) is 11.5 Å². The maximum Gasteiger partial charge on any atom is 0.304 e. The highest BCUT2D eigenvalue weighted by atomic mass is 32.2. The predicted octanol–water partition coefficient (Wildman–Crippen LogP) is 3.42. The van der Waals surface area contributed by atoms with Gasteiger partial charge in [-0.15, -0.1) is 0 Å². The highest BCUT2D eigenvalue weighted by Gasteiger charge is 2.15. The molecule has 0 bridgehead atoms. The van der Waals surface area contributed by atoms with E-state index in [-0.39, 0.29) is 12.3 Å². The van der Waals surface area contributed by atoms with Gasteiger partial charge in [-0.3, -0.25) is 9.59 Å². The first kappa shape index (κ1) is 18.1. The molecule has 0 aliphatic carbocycles. The topological polar surface area (TPSA) is 84.9 Å². The van der Waals surface area contributed by atoms with Gasteiger partial charge in [-0.05, 0) is 35.9 Å². The van der Waals surface area contributed by atoms with E-state index >= 15 is 0 Å². The Kier molecular flexibility index (Phi) is 6.01. The Labute approximate surface area is 155 Å². The number of benzene rings is 2. The zero-order chi connectivity index (χ0) is 18.4. The molecule has 0 saturated heterocycles. The van der Waals surface area contributed by atoms with E-state index in [0.717, 1.165) is 5.56 Å². The zero-order valence-electron chi connectivity index (χ0n) is 14.1. The first-order valence-electron chi connectivity index (χ1n) is 8.21. The number of amides is 1. The van der Waals surface area contributed by atoms with E-state index in [0.29, 0.717) is 47.5 Å². The number of carboxylic acids is 1. The molecule has 0 radical (unpaired) electrons. The lowest BCUT2D eigenvalue weighted by Crippen LogP contribution is -2.17. The summed E-state index contributed by atoms with van der Waals surface area (Å²) in [5.74, 6) is 1.46. The molecule has 0 spiro atoms. The summed E-state index contributed by atoms with van der Waals surface area (Å²) >= 11 is 1.55. The number of ether oxygens (including phenoxy) is 2. The van der Waals surface area contributed by atoms with Crippen molar-refractivity contribution in [1.82, 2.24) is 0 Å². The fourth-order valence-corrected chi connectivity index (χ4v) is 3.35. The number of carbonyl (C=O) groups excluding carboxylic acids is 1. The van der Waals surface area contributed by atoms with Gasteiger partial charge in [0.05, 0.1) is 6.42 Å². The molecule has 0 saturated carbocycles. The van der Waals surface area contributed by atoms with E-state index in [1.807, 2.05) is 24.3 Å². The van der Waals surface area contributed by atoms with Crippen molar-refractivity contribution in [2.75, 3.05) is 24.3 Å². The Balaban J connectivity index is 1.60. The molecule has 2 N–H and O–H groups in total. The Bertz CT molecular complexity index is 808. The summed E-state index contributed by atoms with van der Waals surface area (Å²) in [4.78, 5) is 23.0. The summed E-state index contributed by atoms with van der Waals surface area (Å²) in [5, 5.41) is 11.5. The minimum Gasteiger partial charge on any atom is -0.486 e. The number of hydrogen-bond donors (Lipinski definition) is 2. The van der Waals surface area contributed by atoms with Crippen LogP contribution >= 0.6 is 11.8 Å². The third-order valence-electron chi connectivity index (χ3n) is 3.72. The fraction of sp³-hybridized carbons (Fsp3) is 0.263. The molecule has 26 heavy (non-hydrogen) atoms. The summed E-state index contributed by atoms with van der Waals surface area (Å²) < 4.78 is 11.0. The lowest BCUT2D eigenvalue weighted by atomic mass is 10.1. The average molecular weight is 373 g/mol. The molecule has 6 nitrogen and oxygen atoms in total. The molecular weight excluding hydrogens is 354 g/mol. The standard InChI is InChI=1S/C19H19NO5S/c21-18(22)6-9-26-12-13-2-1-3-15(10-13)20-19(23)14-4-5-16-17(11-14)25-8-7-24-16/h1-5,10-11H,6-9,12H2,(H,20,23)(H,21,22). The lowest BCUT2D eigenvalue weighted by molar-refractivity contribution is -0.136. The van der Waals surface area contributed by atoms with Crippen molar-refractivity contribution in [2.24, 2.45) is 0 Å².